The van der Waals surface area contributed by atoms with E-state index in [1.54, 1.807) is 0 Å². The Kier molecular flexibility index (Phi) is 4.60. The van der Waals surface area contributed by atoms with Crippen molar-refractivity contribution in [2.45, 2.75) is 39.0 Å². The molecular weight excluding hydrogens is 306 g/mol. The van der Waals surface area contributed by atoms with E-state index in [2.05, 4.69) is 38.6 Å². The number of hydrogen-bond acceptors (Lipinski definition) is 6. The highest BCUT2D eigenvalue weighted by atomic mass is 16.5. The zero-order valence-electron chi connectivity index (χ0n) is 14.9. The molecule has 24 heavy (non-hydrogen) atoms. The van der Waals surface area contributed by atoms with Crippen molar-refractivity contribution in [1.82, 2.24) is 24.8 Å². The van der Waals surface area contributed by atoms with Crippen LogP contribution in [0.5, 0.6) is 0 Å². The molecule has 0 N–H and O–H groups in total. The average molecular weight is 335 g/mol. The molecule has 0 unspecified atom stereocenters. The molecule has 4 rings (SSSR count). The van der Waals surface area contributed by atoms with Gasteiger partial charge in [0.25, 0.3) is 0 Å². The first kappa shape index (κ1) is 16.4. The third kappa shape index (κ3) is 3.49. The second kappa shape index (κ2) is 6.71. The predicted molar refractivity (Wildman–Crippen MR) is 89.7 cm³/mol. The molecule has 2 atom stereocenters. The Morgan fingerprint density at radius 1 is 1.17 bits per heavy atom. The summed E-state index contributed by atoms with van der Waals surface area (Å²) in [6.45, 7) is 13.6. The van der Waals surface area contributed by atoms with Gasteiger partial charge < -0.3 is 14.4 Å². The van der Waals surface area contributed by atoms with Crippen LogP contribution in [-0.2, 0) is 16.1 Å². The summed E-state index contributed by atoms with van der Waals surface area (Å²) in [6.07, 6.45) is 3.20. The number of hydrogen-bond donors (Lipinski definition) is 0. The molecule has 1 aromatic heterocycles. The largest absolute Gasteiger partial charge is 0.379 e. The van der Waals surface area contributed by atoms with Crippen molar-refractivity contribution in [2.75, 3.05) is 52.5 Å². The fraction of sp³-hybridized carbons (Fsp3) is 0.882. The quantitative estimate of drug-likeness (QED) is 0.811. The Balaban J connectivity index is 1.37. The maximum Gasteiger partial charge on any atom is 0.0929 e. The van der Waals surface area contributed by atoms with Crippen molar-refractivity contribution in [1.29, 1.82) is 0 Å². The van der Waals surface area contributed by atoms with E-state index in [1.165, 1.54) is 0 Å². The SMILES string of the molecule is CC(C)(CN1CCOCC1)CN1CC[C@H]2OCc3cnnn3[C@@H]2C1. The lowest BCUT2D eigenvalue weighted by Crippen LogP contribution is -2.52. The fourth-order valence-electron chi connectivity index (χ4n) is 4.41. The Hall–Kier alpha value is -1.02. The van der Waals surface area contributed by atoms with E-state index in [0.717, 1.165) is 64.6 Å². The van der Waals surface area contributed by atoms with Crippen molar-refractivity contribution < 1.29 is 9.47 Å². The molecule has 7 nitrogen and oxygen atoms in total. The van der Waals surface area contributed by atoms with Gasteiger partial charge in [-0.1, -0.05) is 19.1 Å². The average Bonchev–Trinajstić information content (AvgIpc) is 3.04. The summed E-state index contributed by atoms with van der Waals surface area (Å²) in [5, 5.41) is 8.37. The number of likely N-dealkylation sites (tertiary alicyclic amines) is 1. The van der Waals surface area contributed by atoms with Crippen molar-refractivity contribution >= 4 is 0 Å². The van der Waals surface area contributed by atoms with E-state index in [-0.39, 0.29) is 11.5 Å². The molecule has 1 aromatic rings. The minimum absolute atomic E-state index is 0.269. The van der Waals surface area contributed by atoms with Crippen LogP contribution in [0.3, 0.4) is 0 Å². The van der Waals surface area contributed by atoms with Crippen molar-refractivity contribution in [3.8, 4) is 0 Å². The van der Waals surface area contributed by atoms with E-state index in [1.807, 2.05) is 6.20 Å². The van der Waals surface area contributed by atoms with E-state index in [0.29, 0.717) is 12.6 Å². The van der Waals surface area contributed by atoms with Gasteiger partial charge in [-0.05, 0) is 11.8 Å². The third-order valence-electron chi connectivity index (χ3n) is 5.42. The smallest absolute Gasteiger partial charge is 0.0929 e. The number of rotatable bonds is 4. The maximum absolute atomic E-state index is 6.02. The van der Waals surface area contributed by atoms with Crippen LogP contribution in [0.15, 0.2) is 6.20 Å². The molecule has 0 spiro atoms. The molecule has 0 aromatic carbocycles. The Bertz CT molecular complexity index is 555. The first-order chi connectivity index (χ1) is 11.6. The van der Waals surface area contributed by atoms with Crippen LogP contribution in [0.4, 0.5) is 0 Å². The summed E-state index contributed by atoms with van der Waals surface area (Å²) in [6, 6.07) is 0.309. The van der Waals surface area contributed by atoms with Crippen molar-refractivity contribution in [2.24, 2.45) is 5.41 Å². The van der Waals surface area contributed by atoms with Crippen LogP contribution in [-0.4, -0.2) is 83.4 Å². The number of morpholine rings is 1. The highest BCUT2D eigenvalue weighted by Crippen LogP contribution is 2.31. The molecule has 0 amide bonds. The number of ether oxygens (including phenoxy) is 2. The van der Waals surface area contributed by atoms with Gasteiger partial charge in [0.05, 0.1) is 43.9 Å². The monoisotopic (exact) mass is 335 g/mol. The van der Waals surface area contributed by atoms with Gasteiger partial charge in [0.2, 0.25) is 0 Å². The molecule has 134 valence electrons. The standard InChI is InChI=1S/C17H29N5O2/c1-17(2,12-20-5-7-23-8-6-20)13-21-4-3-16-15(10-21)22-14(11-24-16)9-18-19-22/h9,15-16H,3-8,10-13H2,1-2H3/t15-,16-/m1/s1. The molecule has 4 heterocycles. The Morgan fingerprint density at radius 3 is 2.79 bits per heavy atom. The zero-order chi connectivity index (χ0) is 16.6. The summed E-state index contributed by atoms with van der Waals surface area (Å²) in [5.41, 5.74) is 1.37. The second-order valence-corrected chi connectivity index (χ2v) is 8.16. The molecule has 0 aliphatic carbocycles. The third-order valence-corrected chi connectivity index (χ3v) is 5.42. The number of fused-ring (bicyclic) bond motifs is 3. The first-order valence-corrected chi connectivity index (χ1v) is 9.14. The van der Waals surface area contributed by atoms with Gasteiger partial charge in [-0.3, -0.25) is 4.90 Å². The summed E-state index contributed by atoms with van der Waals surface area (Å²) >= 11 is 0. The highest BCUT2D eigenvalue weighted by Gasteiger charge is 2.38. The van der Waals surface area contributed by atoms with E-state index >= 15 is 0 Å². The number of piperidine rings is 1. The summed E-state index contributed by atoms with van der Waals surface area (Å²) in [4.78, 5) is 5.12. The molecule has 3 aliphatic heterocycles. The summed E-state index contributed by atoms with van der Waals surface area (Å²) in [7, 11) is 0. The fourth-order valence-corrected chi connectivity index (χ4v) is 4.41. The van der Waals surface area contributed by atoms with Gasteiger partial charge in [0, 0.05) is 39.3 Å². The van der Waals surface area contributed by atoms with Crippen LogP contribution in [0.2, 0.25) is 0 Å². The second-order valence-electron chi connectivity index (χ2n) is 8.16. The van der Waals surface area contributed by atoms with E-state index < -0.39 is 0 Å². The summed E-state index contributed by atoms with van der Waals surface area (Å²) < 4.78 is 13.6. The lowest BCUT2D eigenvalue weighted by atomic mass is 9.90. The molecule has 0 bridgehead atoms. The molecule has 2 saturated heterocycles. The normalized spacial score (nSPS) is 29.2. The van der Waals surface area contributed by atoms with Crippen LogP contribution >= 0.6 is 0 Å². The molecular formula is C17H29N5O2. The molecule has 7 heteroatoms. The van der Waals surface area contributed by atoms with Gasteiger partial charge >= 0.3 is 0 Å². The molecule has 0 saturated carbocycles. The van der Waals surface area contributed by atoms with Crippen LogP contribution in [0.25, 0.3) is 0 Å². The topological polar surface area (TPSA) is 55.6 Å². The van der Waals surface area contributed by atoms with Crippen molar-refractivity contribution in [3.63, 3.8) is 0 Å². The minimum atomic E-state index is 0.269. The molecule has 3 aliphatic rings. The Labute approximate surface area is 143 Å². The summed E-state index contributed by atoms with van der Waals surface area (Å²) in [5.74, 6) is 0. The van der Waals surface area contributed by atoms with Crippen LogP contribution in [0.1, 0.15) is 32.0 Å². The molecule has 2 fully saturated rings. The van der Waals surface area contributed by atoms with Gasteiger partial charge in [0.15, 0.2) is 0 Å². The van der Waals surface area contributed by atoms with Gasteiger partial charge in [-0.15, -0.1) is 5.10 Å². The molecule has 0 radical (unpaired) electrons. The lowest BCUT2D eigenvalue weighted by molar-refractivity contribution is -0.0718. The van der Waals surface area contributed by atoms with Gasteiger partial charge in [-0.2, -0.15) is 0 Å². The minimum Gasteiger partial charge on any atom is -0.379 e. The van der Waals surface area contributed by atoms with E-state index in [4.69, 9.17) is 9.47 Å². The highest BCUT2D eigenvalue weighted by molar-refractivity contribution is 5.01. The Morgan fingerprint density at radius 2 is 1.96 bits per heavy atom. The van der Waals surface area contributed by atoms with Gasteiger partial charge in [-0.25, -0.2) is 4.68 Å². The number of nitrogens with zero attached hydrogens (tertiary/aromatic N) is 5. The van der Waals surface area contributed by atoms with Crippen LogP contribution in [0, 0.1) is 5.41 Å². The van der Waals surface area contributed by atoms with Gasteiger partial charge in [0.1, 0.15) is 0 Å². The zero-order valence-corrected chi connectivity index (χ0v) is 14.9. The lowest BCUT2D eigenvalue weighted by Gasteiger charge is -2.44. The first-order valence-electron chi connectivity index (χ1n) is 9.14. The van der Waals surface area contributed by atoms with E-state index in [9.17, 15) is 0 Å². The predicted octanol–water partition coefficient (Wildman–Crippen LogP) is 0.782. The number of aromatic nitrogens is 3. The maximum atomic E-state index is 6.02. The van der Waals surface area contributed by atoms with Crippen molar-refractivity contribution in [3.05, 3.63) is 11.9 Å². The van der Waals surface area contributed by atoms with Crippen LogP contribution < -0.4 is 0 Å².